The van der Waals surface area contributed by atoms with Gasteiger partial charge in [-0.15, -0.1) is 6.58 Å². The highest BCUT2D eigenvalue weighted by molar-refractivity contribution is 4.89. The SMILES string of the molecule is C=C(C)CC(C)CCCC(CC)C(C)CCC. The molecule has 0 nitrogen and oxygen atoms in total. The minimum Gasteiger partial charge on any atom is -0.100 e. The average molecular weight is 238 g/mol. The van der Waals surface area contributed by atoms with E-state index >= 15 is 0 Å². The molecule has 0 aromatic carbocycles. The van der Waals surface area contributed by atoms with E-state index in [9.17, 15) is 0 Å². The van der Waals surface area contributed by atoms with Crippen molar-refractivity contribution in [1.82, 2.24) is 0 Å². The molecule has 0 amide bonds. The monoisotopic (exact) mass is 238 g/mol. The van der Waals surface area contributed by atoms with Gasteiger partial charge in [0, 0.05) is 0 Å². The number of rotatable bonds is 10. The Balaban J connectivity index is 3.79. The summed E-state index contributed by atoms with van der Waals surface area (Å²) in [6, 6.07) is 0. The fourth-order valence-corrected chi connectivity index (χ4v) is 3.01. The molecular formula is C17H34. The van der Waals surface area contributed by atoms with Crippen LogP contribution in [0.4, 0.5) is 0 Å². The van der Waals surface area contributed by atoms with Crippen LogP contribution in [0.2, 0.25) is 0 Å². The number of allylic oxidation sites excluding steroid dienone is 1. The van der Waals surface area contributed by atoms with E-state index in [2.05, 4.69) is 41.2 Å². The molecule has 3 atom stereocenters. The summed E-state index contributed by atoms with van der Waals surface area (Å²) in [5.74, 6) is 2.69. The predicted octanol–water partition coefficient (Wildman–Crippen LogP) is 6.22. The van der Waals surface area contributed by atoms with Gasteiger partial charge in [-0.05, 0) is 31.1 Å². The smallest absolute Gasteiger partial charge is 0.0300 e. The summed E-state index contributed by atoms with van der Waals surface area (Å²) in [5, 5.41) is 0. The molecule has 0 heteroatoms. The minimum atomic E-state index is 0.825. The molecule has 0 N–H and O–H groups in total. The van der Waals surface area contributed by atoms with Crippen LogP contribution in [0.25, 0.3) is 0 Å². The highest BCUT2D eigenvalue weighted by Crippen LogP contribution is 2.27. The third kappa shape index (κ3) is 8.46. The quantitative estimate of drug-likeness (QED) is 0.396. The molecule has 0 aliphatic heterocycles. The summed E-state index contributed by atoms with van der Waals surface area (Å²) in [4.78, 5) is 0. The first-order valence-electron chi connectivity index (χ1n) is 7.65. The molecule has 0 spiro atoms. The van der Waals surface area contributed by atoms with E-state index in [0.717, 1.165) is 17.8 Å². The second kappa shape index (κ2) is 9.74. The first kappa shape index (κ1) is 16.7. The Labute approximate surface area is 110 Å². The third-order valence-electron chi connectivity index (χ3n) is 4.04. The fourth-order valence-electron chi connectivity index (χ4n) is 3.01. The standard InChI is InChI=1S/C17H34/c1-7-10-16(6)17(8-2)12-9-11-15(5)13-14(3)4/h15-17H,3,7-13H2,1-2,4-6H3. The first-order chi connectivity index (χ1) is 8.01. The number of hydrogen-bond acceptors (Lipinski definition) is 0. The highest BCUT2D eigenvalue weighted by atomic mass is 14.2. The second-order valence-electron chi connectivity index (χ2n) is 6.13. The van der Waals surface area contributed by atoms with Gasteiger partial charge in [-0.3, -0.25) is 0 Å². The summed E-state index contributed by atoms with van der Waals surface area (Å²) in [6.45, 7) is 15.6. The lowest BCUT2D eigenvalue weighted by Crippen LogP contribution is -2.11. The topological polar surface area (TPSA) is 0 Å². The van der Waals surface area contributed by atoms with Gasteiger partial charge in [-0.2, -0.15) is 0 Å². The van der Waals surface area contributed by atoms with E-state index in [1.54, 1.807) is 0 Å². The van der Waals surface area contributed by atoms with E-state index in [4.69, 9.17) is 0 Å². The van der Waals surface area contributed by atoms with Crippen LogP contribution < -0.4 is 0 Å². The Morgan fingerprint density at radius 1 is 1.06 bits per heavy atom. The zero-order valence-electron chi connectivity index (χ0n) is 12.9. The van der Waals surface area contributed by atoms with Crippen molar-refractivity contribution in [3.63, 3.8) is 0 Å². The average Bonchev–Trinajstić information content (AvgIpc) is 2.23. The highest BCUT2D eigenvalue weighted by Gasteiger charge is 2.14. The zero-order valence-corrected chi connectivity index (χ0v) is 12.9. The molecule has 0 saturated heterocycles. The van der Waals surface area contributed by atoms with Crippen molar-refractivity contribution in [2.45, 2.75) is 79.6 Å². The van der Waals surface area contributed by atoms with Crippen LogP contribution in [0.3, 0.4) is 0 Å². The van der Waals surface area contributed by atoms with Crippen LogP contribution in [-0.4, -0.2) is 0 Å². The van der Waals surface area contributed by atoms with Gasteiger partial charge in [0.05, 0.1) is 0 Å². The Kier molecular flexibility index (Phi) is 9.59. The Bertz CT molecular complexity index is 192. The van der Waals surface area contributed by atoms with Crippen molar-refractivity contribution in [3.05, 3.63) is 12.2 Å². The van der Waals surface area contributed by atoms with Crippen LogP contribution in [-0.2, 0) is 0 Å². The second-order valence-corrected chi connectivity index (χ2v) is 6.13. The summed E-state index contributed by atoms with van der Waals surface area (Å²) in [7, 11) is 0. The lowest BCUT2D eigenvalue weighted by Gasteiger charge is -2.23. The van der Waals surface area contributed by atoms with Gasteiger partial charge in [0.15, 0.2) is 0 Å². The van der Waals surface area contributed by atoms with Crippen molar-refractivity contribution >= 4 is 0 Å². The van der Waals surface area contributed by atoms with Gasteiger partial charge in [-0.1, -0.05) is 71.8 Å². The molecule has 0 heterocycles. The van der Waals surface area contributed by atoms with Gasteiger partial charge >= 0.3 is 0 Å². The molecule has 3 unspecified atom stereocenters. The van der Waals surface area contributed by atoms with Crippen molar-refractivity contribution < 1.29 is 0 Å². The van der Waals surface area contributed by atoms with Gasteiger partial charge < -0.3 is 0 Å². The molecule has 0 aromatic rings. The predicted molar refractivity (Wildman–Crippen MR) is 80.3 cm³/mol. The van der Waals surface area contributed by atoms with Gasteiger partial charge in [0.2, 0.25) is 0 Å². The molecule has 0 bridgehead atoms. The van der Waals surface area contributed by atoms with E-state index in [1.165, 1.54) is 50.5 Å². The summed E-state index contributed by atoms with van der Waals surface area (Å²) >= 11 is 0. The normalized spacial score (nSPS) is 16.5. The zero-order chi connectivity index (χ0) is 13.3. The fraction of sp³-hybridized carbons (Fsp3) is 0.882. The van der Waals surface area contributed by atoms with Crippen LogP contribution in [0.1, 0.15) is 79.6 Å². The molecule has 17 heavy (non-hydrogen) atoms. The van der Waals surface area contributed by atoms with Crippen molar-refractivity contribution in [2.75, 3.05) is 0 Å². The lowest BCUT2D eigenvalue weighted by molar-refractivity contribution is 0.291. The van der Waals surface area contributed by atoms with Crippen LogP contribution in [0.15, 0.2) is 12.2 Å². The van der Waals surface area contributed by atoms with Crippen LogP contribution in [0, 0.1) is 17.8 Å². The number of hydrogen-bond donors (Lipinski definition) is 0. The van der Waals surface area contributed by atoms with Gasteiger partial charge in [-0.25, -0.2) is 0 Å². The molecule has 102 valence electrons. The maximum atomic E-state index is 4.01. The lowest BCUT2D eigenvalue weighted by atomic mass is 9.83. The molecular weight excluding hydrogens is 204 g/mol. The molecule has 0 rings (SSSR count). The molecule has 0 aromatic heterocycles. The molecule has 0 radical (unpaired) electrons. The molecule has 0 aliphatic rings. The van der Waals surface area contributed by atoms with Crippen LogP contribution >= 0.6 is 0 Å². The van der Waals surface area contributed by atoms with Crippen molar-refractivity contribution in [3.8, 4) is 0 Å². The maximum absolute atomic E-state index is 4.01. The van der Waals surface area contributed by atoms with Crippen molar-refractivity contribution in [1.29, 1.82) is 0 Å². The summed E-state index contributed by atoms with van der Waals surface area (Å²) < 4.78 is 0. The minimum absolute atomic E-state index is 0.825. The van der Waals surface area contributed by atoms with Gasteiger partial charge in [0.1, 0.15) is 0 Å². The van der Waals surface area contributed by atoms with E-state index in [0.29, 0.717) is 0 Å². The summed E-state index contributed by atoms with van der Waals surface area (Å²) in [6.07, 6.45) is 9.52. The maximum Gasteiger partial charge on any atom is -0.0300 e. The molecule has 0 aliphatic carbocycles. The summed E-state index contributed by atoms with van der Waals surface area (Å²) in [5.41, 5.74) is 1.34. The largest absolute Gasteiger partial charge is 0.100 e. The Morgan fingerprint density at radius 3 is 2.18 bits per heavy atom. The van der Waals surface area contributed by atoms with E-state index < -0.39 is 0 Å². The molecule has 0 fully saturated rings. The Morgan fingerprint density at radius 2 is 1.71 bits per heavy atom. The van der Waals surface area contributed by atoms with Gasteiger partial charge in [0.25, 0.3) is 0 Å². The van der Waals surface area contributed by atoms with Crippen molar-refractivity contribution in [2.24, 2.45) is 17.8 Å². The first-order valence-corrected chi connectivity index (χ1v) is 7.65. The van der Waals surface area contributed by atoms with E-state index in [-0.39, 0.29) is 0 Å². The Hall–Kier alpha value is -0.260. The molecule has 0 saturated carbocycles. The third-order valence-corrected chi connectivity index (χ3v) is 4.04. The van der Waals surface area contributed by atoms with Crippen LogP contribution in [0.5, 0.6) is 0 Å². The van der Waals surface area contributed by atoms with E-state index in [1.807, 2.05) is 0 Å².